The highest BCUT2D eigenvalue weighted by Crippen LogP contribution is 2.13. The lowest BCUT2D eigenvalue weighted by Gasteiger charge is -2.26. The van der Waals surface area contributed by atoms with Crippen molar-refractivity contribution in [2.24, 2.45) is 0 Å². The monoisotopic (exact) mass is 483 g/mol. The highest BCUT2D eigenvalue weighted by Gasteiger charge is 2.26. The molecule has 0 aliphatic heterocycles. The first-order valence-electron chi connectivity index (χ1n) is 14.5. The maximum absolute atomic E-state index is 12.2. The van der Waals surface area contributed by atoms with Gasteiger partial charge >= 0.3 is 0 Å². The Bertz CT molecular complexity index is 469. The number of carbonyl (C=O) groups is 1. The van der Waals surface area contributed by atoms with Gasteiger partial charge in [-0.2, -0.15) is 0 Å². The molecule has 3 unspecified atom stereocenters. The zero-order valence-electron chi connectivity index (χ0n) is 22.5. The molecule has 0 heterocycles. The molecule has 34 heavy (non-hydrogen) atoms. The summed E-state index contributed by atoms with van der Waals surface area (Å²) in [7, 11) is 0. The fraction of sp³-hybridized carbons (Fsp3) is 0.897. The van der Waals surface area contributed by atoms with Crippen molar-refractivity contribution in [1.29, 1.82) is 0 Å². The third-order valence-corrected chi connectivity index (χ3v) is 6.62. The summed E-state index contributed by atoms with van der Waals surface area (Å²) in [5.74, 6) is -0.160. The fourth-order valence-corrected chi connectivity index (χ4v) is 4.28. The summed E-state index contributed by atoms with van der Waals surface area (Å²) >= 11 is 0. The first kappa shape index (κ1) is 33.1. The van der Waals surface area contributed by atoms with Crippen LogP contribution in [0.3, 0.4) is 0 Å². The van der Waals surface area contributed by atoms with Gasteiger partial charge in [0.25, 0.3) is 0 Å². The summed E-state index contributed by atoms with van der Waals surface area (Å²) in [6, 6.07) is -0.815. The van der Waals surface area contributed by atoms with E-state index in [1.807, 2.05) is 0 Å². The molecular formula is C29H57NO4. The zero-order valence-corrected chi connectivity index (χ0v) is 22.5. The topological polar surface area (TPSA) is 89.8 Å². The van der Waals surface area contributed by atoms with Crippen molar-refractivity contribution in [3.8, 4) is 0 Å². The van der Waals surface area contributed by atoms with Crippen LogP contribution in [0.4, 0.5) is 0 Å². The molecule has 0 spiro atoms. The second-order valence-corrected chi connectivity index (χ2v) is 9.95. The predicted octanol–water partition coefficient (Wildman–Crippen LogP) is 6.58. The average Bonchev–Trinajstić information content (AvgIpc) is 2.84. The molecule has 0 rings (SSSR count). The molecule has 5 heteroatoms. The molecule has 202 valence electrons. The van der Waals surface area contributed by atoms with Crippen molar-refractivity contribution in [2.45, 2.75) is 161 Å². The van der Waals surface area contributed by atoms with Gasteiger partial charge in [0.1, 0.15) is 6.10 Å². The van der Waals surface area contributed by atoms with Crippen LogP contribution in [0.2, 0.25) is 0 Å². The molecule has 0 saturated heterocycles. The Balaban J connectivity index is 3.83. The van der Waals surface area contributed by atoms with Gasteiger partial charge in [0.2, 0.25) is 5.91 Å². The SMILES string of the molecule is CCCCCC/C=C/CCCC(O)C(O)C(CO)NC(=O)CCCCCCCCCCCCC. The van der Waals surface area contributed by atoms with Crippen LogP contribution in [0.5, 0.6) is 0 Å². The number of unbranched alkanes of at least 4 members (excludes halogenated alkanes) is 15. The van der Waals surface area contributed by atoms with Crippen molar-refractivity contribution >= 4 is 5.91 Å². The second kappa shape index (κ2) is 25.2. The molecule has 1 amide bonds. The number of nitrogens with one attached hydrogen (secondary N) is 1. The molecule has 5 nitrogen and oxygen atoms in total. The molecule has 3 atom stereocenters. The Labute approximate surface area is 210 Å². The quantitative estimate of drug-likeness (QED) is 0.0871. The fourth-order valence-electron chi connectivity index (χ4n) is 4.28. The van der Waals surface area contributed by atoms with Crippen molar-refractivity contribution in [1.82, 2.24) is 5.32 Å². The largest absolute Gasteiger partial charge is 0.394 e. The smallest absolute Gasteiger partial charge is 0.220 e. The van der Waals surface area contributed by atoms with E-state index in [4.69, 9.17) is 0 Å². The summed E-state index contributed by atoms with van der Waals surface area (Å²) in [5.41, 5.74) is 0. The first-order chi connectivity index (χ1) is 16.6. The Morgan fingerprint density at radius 1 is 0.706 bits per heavy atom. The molecule has 0 aromatic rings. The molecule has 0 aliphatic rings. The number of hydrogen-bond acceptors (Lipinski definition) is 4. The number of rotatable bonds is 25. The molecule has 4 N–H and O–H groups in total. The maximum atomic E-state index is 12.2. The molecule has 0 aliphatic carbocycles. The summed E-state index contributed by atoms with van der Waals surface area (Å²) < 4.78 is 0. The first-order valence-corrected chi connectivity index (χ1v) is 14.5. The minimum Gasteiger partial charge on any atom is -0.394 e. The molecule has 0 fully saturated rings. The van der Waals surface area contributed by atoms with Gasteiger partial charge in [-0.05, 0) is 38.5 Å². The summed E-state index contributed by atoms with van der Waals surface area (Å²) in [4.78, 5) is 12.2. The van der Waals surface area contributed by atoms with E-state index in [1.165, 1.54) is 77.0 Å². The van der Waals surface area contributed by atoms with E-state index in [0.29, 0.717) is 12.8 Å². The van der Waals surface area contributed by atoms with E-state index in [9.17, 15) is 20.1 Å². The molecule has 0 radical (unpaired) electrons. The molecular weight excluding hydrogens is 426 g/mol. The third kappa shape index (κ3) is 20.5. The second-order valence-electron chi connectivity index (χ2n) is 9.95. The van der Waals surface area contributed by atoms with Crippen molar-refractivity contribution < 1.29 is 20.1 Å². The predicted molar refractivity (Wildman–Crippen MR) is 144 cm³/mol. The highest BCUT2D eigenvalue weighted by atomic mass is 16.3. The number of amides is 1. The highest BCUT2D eigenvalue weighted by molar-refractivity contribution is 5.76. The summed E-state index contributed by atoms with van der Waals surface area (Å²) in [5, 5.41) is 32.9. The van der Waals surface area contributed by atoms with Crippen LogP contribution < -0.4 is 5.32 Å². The van der Waals surface area contributed by atoms with Crippen LogP contribution in [0.15, 0.2) is 12.2 Å². The van der Waals surface area contributed by atoms with E-state index in [0.717, 1.165) is 38.5 Å². The molecule has 0 saturated carbocycles. The van der Waals surface area contributed by atoms with Gasteiger partial charge in [-0.3, -0.25) is 4.79 Å². The minimum absolute atomic E-state index is 0.160. The lowest BCUT2D eigenvalue weighted by molar-refractivity contribution is -0.124. The number of aliphatic hydroxyl groups excluding tert-OH is 3. The van der Waals surface area contributed by atoms with Gasteiger partial charge in [0.15, 0.2) is 0 Å². The molecule has 0 aromatic heterocycles. The molecule has 0 bridgehead atoms. The van der Waals surface area contributed by atoms with Crippen molar-refractivity contribution in [2.75, 3.05) is 6.61 Å². The van der Waals surface area contributed by atoms with Gasteiger partial charge in [-0.25, -0.2) is 0 Å². The van der Waals surface area contributed by atoms with Gasteiger partial charge < -0.3 is 20.6 Å². The van der Waals surface area contributed by atoms with Crippen LogP contribution in [0.25, 0.3) is 0 Å². The van der Waals surface area contributed by atoms with Crippen molar-refractivity contribution in [3.63, 3.8) is 0 Å². The van der Waals surface area contributed by atoms with Crippen LogP contribution in [0, 0.1) is 0 Å². The third-order valence-electron chi connectivity index (χ3n) is 6.62. The van der Waals surface area contributed by atoms with Crippen molar-refractivity contribution in [3.05, 3.63) is 12.2 Å². The zero-order chi connectivity index (χ0) is 25.3. The van der Waals surface area contributed by atoms with Gasteiger partial charge in [0.05, 0.1) is 18.8 Å². The number of aliphatic hydroxyl groups is 3. The Morgan fingerprint density at radius 2 is 1.18 bits per heavy atom. The number of carbonyl (C=O) groups excluding carboxylic acids is 1. The van der Waals surface area contributed by atoms with E-state index in [2.05, 4.69) is 31.3 Å². The van der Waals surface area contributed by atoms with Crippen LogP contribution in [0.1, 0.15) is 142 Å². The van der Waals surface area contributed by atoms with Gasteiger partial charge in [0, 0.05) is 6.42 Å². The van der Waals surface area contributed by atoms with Crippen LogP contribution >= 0.6 is 0 Å². The lowest BCUT2D eigenvalue weighted by atomic mass is 10.0. The van der Waals surface area contributed by atoms with Gasteiger partial charge in [-0.15, -0.1) is 0 Å². The van der Waals surface area contributed by atoms with E-state index < -0.39 is 18.2 Å². The normalized spacial score (nSPS) is 14.4. The van der Waals surface area contributed by atoms with E-state index in [-0.39, 0.29) is 12.5 Å². The van der Waals surface area contributed by atoms with Crippen LogP contribution in [-0.2, 0) is 4.79 Å². The number of allylic oxidation sites excluding steroid dienone is 2. The van der Waals surface area contributed by atoms with E-state index >= 15 is 0 Å². The Hall–Kier alpha value is -0.910. The minimum atomic E-state index is -1.15. The Kier molecular flexibility index (Phi) is 24.5. The standard InChI is InChI=1S/C29H57NO4/c1-3-5-7-9-11-13-14-16-18-20-22-24-28(33)30-26(25-31)29(34)27(32)23-21-19-17-15-12-10-8-6-4-2/h15,17,26-27,29,31-32,34H,3-14,16,18-25H2,1-2H3,(H,30,33)/b17-15+. The number of hydrogen-bond donors (Lipinski definition) is 4. The maximum Gasteiger partial charge on any atom is 0.220 e. The lowest BCUT2D eigenvalue weighted by Crippen LogP contribution is -2.50. The van der Waals surface area contributed by atoms with Crippen LogP contribution in [-0.4, -0.2) is 46.1 Å². The Morgan fingerprint density at radius 3 is 1.71 bits per heavy atom. The molecule has 0 aromatic carbocycles. The summed E-state index contributed by atoms with van der Waals surface area (Å²) in [6.45, 7) is 4.08. The van der Waals surface area contributed by atoms with Gasteiger partial charge in [-0.1, -0.05) is 109 Å². The average molecular weight is 484 g/mol. The van der Waals surface area contributed by atoms with E-state index in [1.54, 1.807) is 0 Å². The summed E-state index contributed by atoms with van der Waals surface area (Å²) in [6.07, 6.45) is 24.4.